The third-order valence-corrected chi connectivity index (χ3v) is 3.87. The topological polar surface area (TPSA) is 22.3 Å². The van der Waals surface area contributed by atoms with Crippen LogP contribution in [0.2, 0.25) is 5.02 Å². The molecule has 3 nitrogen and oxygen atoms in total. The summed E-state index contributed by atoms with van der Waals surface area (Å²) in [7, 11) is 2.18. The number of piperazine rings is 1. The van der Waals surface area contributed by atoms with Crippen molar-refractivity contribution in [2.24, 2.45) is 0 Å². The van der Waals surface area contributed by atoms with Crippen LogP contribution in [-0.2, 0) is 6.54 Å². The monoisotopic (exact) mass is 263 g/mol. The molecule has 1 saturated heterocycles. The highest BCUT2D eigenvalue weighted by Gasteiger charge is 2.14. The van der Waals surface area contributed by atoms with Crippen molar-refractivity contribution in [1.82, 2.24) is 14.8 Å². The Morgan fingerprint density at radius 3 is 2.72 bits per heavy atom. The van der Waals surface area contributed by atoms with Crippen molar-refractivity contribution in [3.63, 3.8) is 0 Å². The number of halogens is 1. The molecule has 2 heterocycles. The summed E-state index contributed by atoms with van der Waals surface area (Å²) in [5.74, 6) is 0. The van der Waals surface area contributed by atoms with Gasteiger partial charge in [-0.3, -0.25) is 4.90 Å². The van der Waals surface area contributed by atoms with Gasteiger partial charge in [0.05, 0.1) is 0 Å². The molecule has 0 unspecified atom stereocenters. The molecule has 0 aliphatic carbocycles. The third kappa shape index (κ3) is 2.53. The van der Waals surface area contributed by atoms with Crippen LogP contribution < -0.4 is 0 Å². The Morgan fingerprint density at radius 1 is 1.17 bits per heavy atom. The van der Waals surface area contributed by atoms with Crippen LogP contribution in [0.25, 0.3) is 10.9 Å². The number of aromatic amines is 1. The lowest BCUT2D eigenvalue weighted by molar-refractivity contribution is 0.147. The average molecular weight is 264 g/mol. The predicted octanol–water partition coefficient (Wildman–Crippen LogP) is 2.57. The molecule has 1 N–H and O–H groups in total. The highest BCUT2D eigenvalue weighted by atomic mass is 35.5. The first-order valence-corrected chi connectivity index (χ1v) is 6.76. The van der Waals surface area contributed by atoms with Crippen molar-refractivity contribution in [2.75, 3.05) is 33.2 Å². The molecule has 0 saturated carbocycles. The van der Waals surface area contributed by atoms with E-state index in [1.807, 2.05) is 12.1 Å². The van der Waals surface area contributed by atoms with Crippen LogP contribution in [0.5, 0.6) is 0 Å². The van der Waals surface area contributed by atoms with Gasteiger partial charge in [-0.2, -0.15) is 0 Å². The fourth-order valence-electron chi connectivity index (χ4n) is 2.49. The second-order valence-corrected chi connectivity index (χ2v) is 5.54. The van der Waals surface area contributed by atoms with Crippen molar-refractivity contribution in [3.8, 4) is 0 Å². The summed E-state index contributed by atoms with van der Waals surface area (Å²) in [6.07, 6.45) is 0. The summed E-state index contributed by atoms with van der Waals surface area (Å²) in [4.78, 5) is 8.32. The van der Waals surface area contributed by atoms with Gasteiger partial charge in [-0.05, 0) is 30.6 Å². The number of benzene rings is 1. The first kappa shape index (κ1) is 12.0. The smallest absolute Gasteiger partial charge is 0.0471 e. The standard InChI is InChI=1S/C14H18ClN3/c1-17-4-6-18(7-5-17)10-13-8-11-2-3-12(15)9-14(11)16-13/h2-3,8-9,16H,4-7,10H2,1H3. The van der Waals surface area contributed by atoms with Crippen molar-refractivity contribution in [3.05, 3.63) is 35.0 Å². The summed E-state index contributed by atoms with van der Waals surface area (Å²) >= 11 is 6.00. The Labute approximate surface area is 112 Å². The summed E-state index contributed by atoms with van der Waals surface area (Å²) in [5, 5.41) is 2.03. The van der Waals surface area contributed by atoms with E-state index in [0.29, 0.717) is 0 Å². The van der Waals surface area contributed by atoms with E-state index in [-0.39, 0.29) is 0 Å². The van der Waals surface area contributed by atoms with E-state index in [0.717, 1.165) is 43.3 Å². The molecule has 18 heavy (non-hydrogen) atoms. The van der Waals surface area contributed by atoms with Crippen molar-refractivity contribution < 1.29 is 0 Å². The fraction of sp³-hybridized carbons (Fsp3) is 0.429. The van der Waals surface area contributed by atoms with Gasteiger partial charge in [0.1, 0.15) is 0 Å². The molecule has 0 atom stereocenters. The molecule has 1 aromatic carbocycles. The molecule has 1 aliphatic heterocycles. The van der Waals surface area contributed by atoms with Gasteiger partial charge in [-0.15, -0.1) is 0 Å². The Bertz CT molecular complexity index is 541. The lowest BCUT2D eigenvalue weighted by Crippen LogP contribution is -2.43. The summed E-state index contributed by atoms with van der Waals surface area (Å²) in [6.45, 7) is 5.61. The number of fused-ring (bicyclic) bond motifs is 1. The lowest BCUT2D eigenvalue weighted by Gasteiger charge is -2.31. The van der Waals surface area contributed by atoms with E-state index in [9.17, 15) is 0 Å². The largest absolute Gasteiger partial charge is 0.357 e. The molecular weight excluding hydrogens is 246 g/mol. The molecule has 1 aromatic heterocycles. The van der Waals surface area contributed by atoms with E-state index < -0.39 is 0 Å². The maximum absolute atomic E-state index is 6.00. The molecule has 3 rings (SSSR count). The van der Waals surface area contributed by atoms with E-state index in [2.05, 4.69) is 34.0 Å². The summed E-state index contributed by atoms with van der Waals surface area (Å²) < 4.78 is 0. The molecule has 2 aromatic rings. The molecule has 0 spiro atoms. The first-order valence-electron chi connectivity index (χ1n) is 6.39. The van der Waals surface area contributed by atoms with Crippen molar-refractivity contribution in [1.29, 1.82) is 0 Å². The minimum Gasteiger partial charge on any atom is -0.357 e. The Morgan fingerprint density at radius 2 is 1.94 bits per heavy atom. The predicted molar refractivity (Wildman–Crippen MR) is 76.1 cm³/mol. The van der Waals surface area contributed by atoms with Gasteiger partial charge >= 0.3 is 0 Å². The number of nitrogens with one attached hydrogen (secondary N) is 1. The van der Waals surface area contributed by atoms with Gasteiger partial charge in [-0.1, -0.05) is 17.7 Å². The zero-order valence-electron chi connectivity index (χ0n) is 10.6. The fourth-order valence-corrected chi connectivity index (χ4v) is 2.66. The van der Waals surface area contributed by atoms with Crippen LogP contribution >= 0.6 is 11.6 Å². The minimum atomic E-state index is 0.787. The molecule has 0 radical (unpaired) electrons. The Kier molecular flexibility index (Phi) is 3.29. The summed E-state index contributed by atoms with van der Waals surface area (Å²) in [6, 6.07) is 8.23. The number of hydrogen-bond acceptors (Lipinski definition) is 2. The molecule has 0 bridgehead atoms. The zero-order chi connectivity index (χ0) is 12.5. The maximum Gasteiger partial charge on any atom is 0.0471 e. The molecule has 96 valence electrons. The molecule has 1 aliphatic rings. The van der Waals surface area contributed by atoms with Crippen LogP contribution in [0.1, 0.15) is 5.69 Å². The van der Waals surface area contributed by atoms with Gasteiger partial charge in [-0.25, -0.2) is 0 Å². The molecular formula is C14H18ClN3. The number of likely N-dealkylation sites (N-methyl/N-ethyl adjacent to an activating group) is 1. The second-order valence-electron chi connectivity index (χ2n) is 5.11. The van der Waals surface area contributed by atoms with Crippen molar-refractivity contribution >= 4 is 22.5 Å². The van der Waals surface area contributed by atoms with E-state index in [1.165, 1.54) is 11.1 Å². The quantitative estimate of drug-likeness (QED) is 0.900. The number of rotatable bonds is 2. The third-order valence-electron chi connectivity index (χ3n) is 3.63. The lowest BCUT2D eigenvalue weighted by atomic mass is 10.2. The van der Waals surface area contributed by atoms with Crippen LogP contribution in [0.3, 0.4) is 0 Å². The SMILES string of the molecule is CN1CCN(Cc2cc3ccc(Cl)cc3[nH]2)CC1. The summed E-state index contributed by atoms with van der Waals surface area (Å²) in [5.41, 5.74) is 2.41. The van der Waals surface area contributed by atoms with Crippen molar-refractivity contribution in [2.45, 2.75) is 6.54 Å². The minimum absolute atomic E-state index is 0.787. The van der Waals surface area contributed by atoms with Gasteiger partial charge in [0, 0.05) is 49.0 Å². The molecule has 1 fully saturated rings. The molecule has 0 amide bonds. The Balaban J connectivity index is 1.74. The maximum atomic E-state index is 6.00. The highest BCUT2D eigenvalue weighted by Crippen LogP contribution is 2.20. The Hall–Kier alpha value is -1.03. The van der Waals surface area contributed by atoms with E-state index >= 15 is 0 Å². The zero-order valence-corrected chi connectivity index (χ0v) is 11.4. The number of H-pyrrole nitrogens is 1. The number of aromatic nitrogens is 1. The van der Waals surface area contributed by atoms with Gasteiger partial charge < -0.3 is 9.88 Å². The van der Waals surface area contributed by atoms with Crippen LogP contribution in [-0.4, -0.2) is 48.0 Å². The molecule has 4 heteroatoms. The van der Waals surface area contributed by atoms with Gasteiger partial charge in [0.2, 0.25) is 0 Å². The highest BCUT2D eigenvalue weighted by molar-refractivity contribution is 6.31. The van der Waals surface area contributed by atoms with Gasteiger partial charge in [0.15, 0.2) is 0 Å². The second kappa shape index (κ2) is 4.92. The van der Waals surface area contributed by atoms with Gasteiger partial charge in [0.25, 0.3) is 0 Å². The van der Waals surface area contributed by atoms with Crippen LogP contribution in [0.4, 0.5) is 0 Å². The van der Waals surface area contributed by atoms with E-state index in [4.69, 9.17) is 11.6 Å². The first-order chi connectivity index (χ1) is 8.70. The number of hydrogen-bond donors (Lipinski definition) is 1. The van der Waals surface area contributed by atoms with E-state index in [1.54, 1.807) is 0 Å². The number of nitrogens with zero attached hydrogens (tertiary/aromatic N) is 2. The van der Waals surface area contributed by atoms with Crippen LogP contribution in [0.15, 0.2) is 24.3 Å². The average Bonchev–Trinajstić information content (AvgIpc) is 2.73. The van der Waals surface area contributed by atoms with Crippen LogP contribution in [0, 0.1) is 0 Å². The normalized spacial score (nSPS) is 18.6.